The van der Waals surface area contributed by atoms with Crippen LogP contribution in [0.25, 0.3) is 0 Å². The standard InChI is InChI=1S/C12H19BrN2O4S2/c13-11-5-4-7-15-12(11)19-9-3-1-2-6-14-8-10-20-21(16,17)18/h4-5,7,14H,1-3,6,8-10H2,(H,16,17,18). The highest BCUT2D eigenvalue weighted by atomic mass is 79.9. The molecule has 120 valence electrons. The largest absolute Gasteiger partial charge is 0.477 e. The second-order valence-corrected chi connectivity index (χ2v) is 8.52. The minimum absolute atomic E-state index is 0.343. The third-order valence-electron chi connectivity index (χ3n) is 2.47. The summed E-state index contributed by atoms with van der Waals surface area (Å²) in [5.41, 5.74) is 0. The van der Waals surface area contributed by atoms with Gasteiger partial charge in [-0.15, -0.1) is 0 Å². The van der Waals surface area contributed by atoms with Crippen molar-refractivity contribution < 1.29 is 17.7 Å². The molecular weight excluding hydrogens is 380 g/mol. The molecule has 9 heteroatoms. The summed E-state index contributed by atoms with van der Waals surface area (Å²) in [4.78, 5) is 4.11. The fourth-order valence-electron chi connectivity index (χ4n) is 1.52. The third-order valence-corrected chi connectivity index (χ3v) is 5.14. The first kappa shape index (κ1) is 18.7. The molecule has 0 fully saturated rings. The second kappa shape index (κ2) is 10.4. The molecule has 1 aromatic rings. The maximum absolute atomic E-state index is 10.4. The topological polar surface area (TPSA) is 88.5 Å². The number of nitrogens with one attached hydrogen (secondary N) is 1. The maximum Gasteiger partial charge on any atom is 0.319 e. The molecule has 0 radical (unpaired) electrons. The molecule has 21 heavy (non-hydrogen) atoms. The zero-order valence-corrected chi connectivity index (χ0v) is 14.7. The van der Waals surface area contributed by atoms with Crippen LogP contribution in [0.2, 0.25) is 0 Å². The van der Waals surface area contributed by atoms with Crippen molar-refractivity contribution in [1.29, 1.82) is 0 Å². The van der Waals surface area contributed by atoms with Gasteiger partial charge in [-0.05, 0) is 64.7 Å². The van der Waals surface area contributed by atoms with Crippen molar-refractivity contribution in [3.8, 4) is 5.88 Å². The number of ether oxygens (including phenoxy) is 1. The van der Waals surface area contributed by atoms with Crippen LogP contribution >= 0.6 is 26.7 Å². The van der Waals surface area contributed by atoms with Crippen molar-refractivity contribution in [1.82, 2.24) is 10.3 Å². The lowest BCUT2D eigenvalue weighted by atomic mass is 10.2. The van der Waals surface area contributed by atoms with E-state index in [-0.39, 0.29) is 0 Å². The van der Waals surface area contributed by atoms with Crippen LogP contribution in [0.4, 0.5) is 0 Å². The Morgan fingerprint density at radius 3 is 2.86 bits per heavy atom. The predicted molar refractivity (Wildman–Crippen MR) is 88.2 cm³/mol. The predicted octanol–water partition coefficient (Wildman–Crippen LogP) is 2.52. The summed E-state index contributed by atoms with van der Waals surface area (Å²) in [5.74, 6) is 0.952. The molecular formula is C12H19BrN2O4S2. The minimum Gasteiger partial charge on any atom is -0.477 e. The van der Waals surface area contributed by atoms with Crippen LogP contribution in [0.3, 0.4) is 0 Å². The molecule has 0 atom stereocenters. The Morgan fingerprint density at radius 1 is 1.33 bits per heavy atom. The van der Waals surface area contributed by atoms with Crippen LogP contribution in [0.1, 0.15) is 19.3 Å². The zero-order valence-electron chi connectivity index (χ0n) is 11.5. The van der Waals surface area contributed by atoms with E-state index < -0.39 is 9.15 Å². The van der Waals surface area contributed by atoms with Gasteiger partial charge in [-0.1, -0.05) is 0 Å². The van der Waals surface area contributed by atoms with E-state index in [1.807, 2.05) is 12.1 Å². The summed E-state index contributed by atoms with van der Waals surface area (Å²) in [6.45, 7) is 2.00. The van der Waals surface area contributed by atoms with E-state index in [0.29, 0.717) is 35.6 Å². The van der Waals surface area contributed by atoms with E-state index >= 15 is 0 Å². The van der Waals surface area contributed by atoms with Gasteiger partial charge in [-0.2, -0.15) is 8.42 Å². The van der Waals surface area contributed by atoms with E-state index in [0.717, 1.165) is 30.3 Å². The normalized spacial score (nSPS) is 11.5. The quantitative estimate of drug-likeness (QED) is 0.336. The van der Waals surface area contributed by atoms with Crippen LogP contribution < -0.4 is 10.1 Å². The summed E-state index contributed by atoms with van der Waals surface area (Å²) < 4.78 is 35.8. The van der Waals surface area contributed by atoms with Crippen molar-refractivity contribution in [2.45, 2.75) is 19.3 Å². The van der Waals surface area contributed by atoms with Crippen molar-refractivity contribution in [3.63, 3.8) is 0 Å². The Balaban J connectivity index is 1.92. The van der Waals surface area contributed by atoms with Gasteiger partial charge < -0.3 is 10.1 Å². The molecule has 1 rings (SSSR count). The first-order valence-electron chi connectivity index (χ1n) is 6.55. The highest BCUT2D eigenvalue weighted by Gasteiger charge is 2.03. The number of unbranched alkanes of at least 4 members (excludes halogenated alkanes) is 2. The number of halogens is 1. The number of hydrogen-bond donors (Lipinski definition) is 2. The Kier molecular flexibility index (Phi) is 9.25. The molecule has 2 N–H and O–H groups in total. The van der Waals surface area contributed by atoms with Gasteiger partial charge in [-0.3, -0.25) is 4.55 Å². The molecule has 0 bridgehead atoms. The fraction of sp³-hybridized carbons (Fsp3) is 0.583. The maximum atomic E-state index is 10.4. The Bertz CT molecular complexity index is 514. The molecule has 0 saturated heterocycles. The second-order valence-electron chi connectivity index (χ2n) is 4.20. The first-order chi connectivity index (χ1) is 9.99. The molecule has 0 aromatic carbocycles. The molecule has 0 spiro atoms. The fourth-order valence-corrected chi connectivity index (χ4v) is 3.21. The number of rotatable bonds is 11. The lowest BCUT2D eigenvalue weighted by molar-refractivity contribution is 0.292. The van der Waals surface area contributed by atoms with E-state index in [1.54, 1.807) is 6.20 Å². The molecule has 6 nitrogen and oxygen atoms in total. The van der Waals surface area contributed by atoms with Gasteiger partial charge in [0.25, 0.3) is 0 Å². The smallest absolute Gasteiger partial charge is 0.319 e. The van der Waals surface area contributed by atoms with Crippen LogP contribution in [0.15, 0.2) is 22.8 Å². The Hall–Kier alpha value is -0.350. The highest BCUT2D eigenvalue weighted by molar-refractivity contribution is 9.10. The zero-order chi connectivity index (χ0) is 15.6. The molecule has 0 aliphatic carbocycles. The monoisotopic (exact) mass is 398 g/mol. The van der Waals surface area contributed by atoms with Crippen LogP contribution in [-0.4, -0.2) is 43.4 Å². The van der Waals surface area contributed by atoms with Crippen molar-refractivity contribution in [2.75, 3.05) is 25.4 Å². The van der Waals surface area contributed by atoms with Crippen molar-refractivity contribution >= 4 is 35.9 Å². The van der Waals surface area contributed by atoms with Gasteiger partial charge >= 0.3 is 9.15 Å². The molecule has 0 aliphatic rings. The summed E-state index contributed by atoms with van der Waals surface area (Å²) in [5, 5.41) is 3.12. The van der Waals surface area contributed by atoms with Crippen molar-refractivity contribution in [2.24, 2.45) is 0 Å². The van der Waals surface area contributed by atoms with E-state index in [9.17, 15) is 8.42 Å². The SMILES string of the molecule is O=S(=O)(O)SCCNCCCCCOc1ncccc1Br. The van der Waals surface area contributed by atoms with Gasteiger partial charge in [0.15, 0.2) is 0 Å². The molecule has 0 amide bonds. The Labute approximate surface area is 137 Å². The molecule has 0 unspecified atom stereocenters. The summed E-state index contributed by atoms with van der Waals surface area (Å²) in [7, 11) is -3.37. The van der Waals surface area contributed by atoms with Crippen molar-refractivity contribution in [3.05, 3.63) is 22.8 Å². The molecule has 0 aliphatic heterocycles. The van der Waals surface area contributed by atoms with Gasteiger partial charge in [0.05, 0.1) is 11.1 Å². The lowest BCUT2D eigenvalue weighted by Gasteiger charge is -2.07. The van der Waals surface area contributed by atoms with Crippen LogP contribution in [-0.2, 0) is 9.15 Å². The van der Waals surface area contributed by atoms with Gasteiger partial charge in [0, 0.05) is 18.5 Å². The lowest BCUT2D eigenvalue weighted by Crippen LogP contribution is -2.19. The molecule has 0 saturated carbocycles. The van der Waals surface area contributed by atoms with Gasteiger partial charge in [0.1, 0.15) is 0 Å². The van der Waals surface area contributed by atoms with E-state index in [2.05, 4.69) is 26.2 Å². The summed E-state index contributed by atoms with van der Waals surface area (Å²) in [6.07, 6.45) is 4.63. The highest BCUT2D eigenvalue weighted by Crippen LogP contribution is 2.20. The number of aromatic nitrogens is 1. The van der Waals surface area contributed by atoms with E-state index in [1.165, 1.54) is 0 Å². The number of hydrogen-bond acceptors (Lipinski definition) is 6. The first-order valence-corrected chi connectivity index (χ1v) is 10.3. The van der Waals surface area contributed by atoms with Crippen LogP contribution in [0, 0.1) is 0 Å². The Morgan fingerprint density at radius 2 is 2.14 bits per heavy atom. The average Bonchev–Trinajstić information content (AvgIpc) is 2.41. The van der Waals surface area contributed by atoms with Gasteiger partial charge in [0.2, 0.25) is 5.88 Å². The van der Waals surface area contributed by atoms with E-state index in [4.69, 9.17) is 9.29 Å². The third kappa shape index (κ3) is 10.1. The average molecular weight is 399 g/mol. The van der Waals surface area contributed by atoms with Gasteiger partial charge in [-0.25, -0.2) is 4.98 Å². The van der Waals surface area contributed by atoms with Crippen LogP contribution in [0.5, 0.6) is 5.88 Å². The molecule has 1 aromatic heterocycles. The molecule has 1 heterocycles. The minimum atomic E-state index is -3.91. The summed E-state index contributed by atoms with van der Waals surface area (Å²) >= 11 is 3.37. The number of pyridine rings is 1. The number of nitrogens with zero attached hydrogens (tertiary/aromatic N) is 1. The summed E-state index contributed by atoms with van der Waals surface area (Å²) in [6, 6.07) is 3.72.